The van der Waals surface area contributed by atoms with Crippen LogP contribution in [-0.2, 0) is 33.5 Å². The Balaban J connectivity index is 0.000000311. The lowest BCUT2D eigenvalue weighted by molar-refractivity contribution is -0.274. The van der Waals surface area contributed by atoms with Crippen LogP contribution >= 0.6 is 71.0 Å². The topological polar surface area (TPSA) is 202 Å². The molecule has 9 rings (SSSR count). The summed E-state index contributed by atoms with van der Waals surface area (Å²) in [5, 5.41) is 14.3. The highest BCUT2D eigenvalue weighted by Gasteiger charge is 2.34. The van der Waals surface area contributed by atoms with Gasteiger partial charge in [-0.1, -0.05) is 183 Å². The van der Waals surface area contributed by atoms with E-state index in [0.29, 0.717) is 103 Å². The summed E-state index contributed by atoms with van der Waals surface area (Å²) in [6.07, 6.45) is -0.354. The molecule has 684 valence electrons. The molecule has 1 aliphatic carbocycles. The number of benzene rings is 6. The minimum Gasteiger partial charge on any atom is -0.406 e. The first-order valence-electron chi connectivity index (χ1n) is 43.0. The first-order valence-corrected chi connectivity index (χ1v) is 46.1. The van der Waals surface area contributed by atoms with Crippen molar-refractivity contribution < 1.29 is 69.0 Å². The molecule has 3 fully saturated rings. The van der Waals surface area contributed by atoms with E-state index in [9.17, 15) is 59.5 Å². The largest absolute Gasteiger partial charge is 0.573 e. The molecule has 3 aliphatic rings. The number of hydrogen-bond acceptors (Lipinski definition) is 15. The summed E-state index contributed by atoms with van der Waals surface area (Å²) in [7, 11) is 0. The van der Waals surface area contributed by atoms with E-state index in [-0.39, 0.29) is 135 Å². The number of alkyl halides is 3. The fourth-order valence-electron chi connectivity index (χ4n) is 13.7. The zero-order valence-electron chi connectivity index (χ0n) is 75.1. The molecule has 6 aromatic carbocycles. The third kappa shape index (κ3) is 38.7. The molecule has 27 heteroatoms. The lowest BCUT2D eigenvalue weighted by Crippen LogP contribution is -2.50. The lowest BCUT2D eigenvalue weighted by Gasteiger charge is -2.38. The van der Waals surface area contributed by atoms with Crippen molar-refractivity contribution in [1.29, 1.82) is 0 Å². The predicted octanol–water partition coefficient (Wildman–Crippen LogP) is 22.1. The number of hydrogen-bond donors (Lipinski definition) is 5. The highest BCUT2D eigenvalue weighted by atomic mass is 79.9. The van der Waals surface area contributed by atoms with Crippen LogP contribution in [0.1, 0.15) is 225 Å². The summed E-state index contributed by atoms with van der Waals surface area (Å²) >= 11 is 21.3. The van der Waals surface area contributed by atoms with Crippen molar-refractivity contribution in [2.24, 2.45) is 47.2 Å². The van der Waals surface area contributed by atoms with Crippen molar-refractivity contribution in [3.63, 3.8) is 0 Å². The quantitative estimate of drug-likeness (QED) is 0.0232. The maximum absolute atomic E-state index is 14.0. The van der Waals surface area contributed by atoms with E-state index in [2.05, 4.69) is 111 Å². The Morgan fingerprint density at radius 3 is 1.19 bits per heavy atom. The Morgan fingerprint density at radius 2 is 0.813 bits per heavy atom. The van der Waals surface area contributed by atoms with Crippen molar-refractivity contribution >= 4 is 106 Å². The first kappa shape index (κ1) is 110. The molecular formula is C96H133Br3Cl2F7N7O8. The number of ketones is 6. The number of halogens is 12. The maximum atomic E-state index is 14.0. The van der Waals surface area contributed by atoms with Gasteiger partial charge in [0.05, 0.1) is 59.0 Å². The van der Waals surface area contributed by atoms with Gasteiger partial charge < -0.3 is 36.5 Å². The van der Waals surface area contributed by atoms with E-state index in [1.807, 2.05) is 115 Å². The second-order valence-electron chi connectivity index (χ2n) is 34.7. The van der Waals surface area contributed by atoms with Gasteiger partial charge in [0.15, 0.2) is 0 Å². The summed E-state index contributed by atoms with van der Waals surface area (Å²) in [5.41, 5.74) is 10.7. The Bertz CT molecular complexity index is 4190. The number of nitrogens with one attached hydrogen (secondary N) is 4. The number of Topliss-reactive ketones (excluding diaryl/α,β-unsaturated/α-hetero) is 6. The molecule has 0 radical (unpaired) electrons. The zero-order chi connectivity index (χ0) is 92.4. The number of aryl methyl sites for hydroxylation is 1. The molecule has 15 nitrogen and oxygen atoms in total. The summed E-state index contributed by atoms with van der Waals surface area (Å²) in [5.74, 6) is -2.24. The second kappa shape index (κ2) is 54.6. The number of rotatable bonds is 36. The van der Waals surface area contributed by atoms with Gasteiger partial charge in [-0.15, -0.1) is 13.2 Å². The van der Waals surface area contributed by atoms with Crippen molar-refractivity contribution in [2.45, 2.75) is 223 Å². The number of nitrogens with two attached hydrogens (primary N) is 1. The van der Waals surface area contributed by atoms with E-state index in [1.54, 1.807) is 61.5 Å². The Kier molecular flexibility index (Phi) is 48.7. The third-order valence-electron chi connectivity index (χ3n) is 21.6. The molecule has 2 saturated heterocycles. The van der Waals surface area contributed by atoms with Gasteiger partial charge >= 0.3 is 6.36 Å². The Morgan fingerprint density at radius 1 is 0.455 bits per heavy atom. The van der Waals surface area contributed by atoms with E-state index in [1.165, 1.54) is 55.3 Å². The fraction of sp³-hybridized carbons (Fsp3) is 0.562. The lowest BCUT2D eigenvalue weighted by atomic mass is 9.87. The molecule has 0 aromatic heterocycles. The van der Waals surface area contributed by atoms with Crippen LogP contribution in [0.3, 0.4) is 0 Å². The summed E-state index contributed by atoms with van der Waals surface area (Å²) < 4.78 is 102. The average molecular weight is 1960 g/mol. The summed E-state index contributed by atoms with van der Waals surface area (Å²) in [6.45, 7) is 46.4. The van der Waals surface area contributed by atoms with Crippen molar-refractivity contribution in [3.05, 3.63) is 201 Å². The minimum atomic E-state index is -4.71. The van der Waals surface area contributed by atoms with Crippen molar-refractivity contribution in [1.82, 2.24) is 31.1 Å². The molecule has 6 aromatic rings. The molecule has 0 spiro atoms. The zero-order valence-corrected chi connectivity index (χ0v) is 81.3. The SMILES string of the molecule is CC(C)C(=O)[C@H](CN)c1ccc(Br)c(F)c1.CC(C)C(=O)[C@H](CNC1CCOCC1)c1ccc(Br)c(F)c1.CC(C)C(=O)[C@H](CNCC1CC1)c1ccc(OC(F)(F)F)cc1.CC(C)NC[C@@H](C(=O)C(C)C)c1ccc(Br)c(F)c1.CC(C)NC[C@@H](C(=O)C(C)C)c1ccc(Cl)c(Cl)c1.Cc1ccc([C@H](CN2CCN(C(C)C)CC2)C(=O)C(C)C)cc1F. The maximum Gasteiger partial charge on any atom is 0.573 e. The summed E-state index contributed by atoms with van der Waals surface area (Å²) in [4.78, 5) is 78.9. The minimum absolute atomic E-state index is 0.00610. The van der Waals surface area contributed by atoms with Gasteiger partial charge in [-0.2, -0.15) is 0 Å². The van der Waals surface area contributed by atoms with Crippen LogP contribution in [0.2, 0.25) is 10.0 Å². The second-order valence-corrected chi connectivity index (χ2v) is 38.0. The molecule has 0 unspecified atom stereocenters. The molecule has 123 heavy (non-hydrogen) atoms. The predicted molar refractivity (Wildman–Crippen MR) is 494 cm³/mol. The van der Waals surface area contributed by atoms with Gasteiger partial charge in [-0.05, 0) is 212 Å². The van der Waals surface area contributed by atoms with Crippen LogP contribution in [-0.4, -0.2) is 160 Å². The van der Waals surface area contributed by atoms with Gasteiger partial charge in [0.25, 0.3) is 0 Å². The average Bonchev–Trinajstić information content (AvgIpc) is 0.984. The monoisotopic (exact) mass is 1950 g/mol. The molecule has 2 aliphatic heterocycles. The highest BCUT2D eigenvalue weighted by molar-refractivity contribution is 9.11. The normalized spacial score (nSPS) is 15.5. The van der Waals surface area contributed by atoms with E-state index >= 15 is 0 Å². The van der Waals surface area contributed by atoms with Crippen LogP contribution in [0.15, 0.2) is 129 Å². The number of piperazine rings is 1. The fourth-order valence-corrected chi connectivity index (χ4v) is 14.8. The molecule has 0 bridgehead atoms. The van der Waals surface area contributed by atoms with Crippen LogP contribution < -0.4 is 31.7 Å². The molecule has 2 heterocycles. The standard InChI is InChI=1S/C20H31FN2O.C17H23BrFNO2.C17H22F3NO2.C15H21BrFNO.C15H21Cl2NO.C12H15BrFNO/c1-14(2)20(24)18(17-7-6-16(5)19(21)12-17)13-22-8-10-23(11-9-22)15(3)4;1-11(2)17(21)14(10-20-13-5-7-22-8-6-13)12-3-4-15(18)16(19)9-12;1-11(2)16(22)15(10-21-9-12-3-4-12)13-5-7-14(8-6-13)23-17(18,19)20;2*1-9(2)15(19)12(8-18-10(3)4)11-5-6-13(16)14(17)7-11;1-7(2)12(16)9(6-15)8-3-4-10(13)11(14)5-8/h6-7,12,14-15,18H,8-11,13H2,1-5H3;3-4,9,11,13-14,20H,5-8,10H2,1-2H3;5-8,11-12,15,21H,3-4,9-10H2,1-2H3;2*5-7,9-10,12,18H,8H2,1-4H3;3-5,7,9H,6,15H2,1-2H3/t18-;14-;15-;2*12-;9-/m011111/s1. The van der Waals surface area contributed by atoms with Crippen LogP contribution in [0.25, 0.3) is 0 Å². The molecule has 6 N–H and O–H groups in total. The Hall–Kier alpha value is -5.65. The van der Waals surface area contributed by atoms with Crippen molar-refractivity contribution in [3.8, 4) is 5.75 Å². The van der Waals surface area contributed by atoms with Gasteiger partial charge in [-0.3, -0.25) is 38.6 Å². The Labute approximate surface area is 762 Å². The van der Waals surface area contributed by atoms with E-state index < -0.39 is 12.3 Å². The van der Waals surface area contributed by atoms with Gasteiger partial charge in [0, 0.05) is 138 Å². The van der Waals surface area contributed by atoms with Gasteiger partial charge in [-0.25, -0.2) is 17.6 Å². The van der Waals surface area contributed by atoms with Crippen LogP contribution in [0.4, 0.5) is 30.7 Å². The first-order chi connectivity index (χ1) is 57.7. The number of nitrogens with zero attached hydrogens (tertiary/aromatic N) is 2. The number of carbonyl (C=O) groups is 6. The number of carbonyl (C=O) groups excluding carboxylic acids is 6. The molecular weight excluding hydrogens is 1820 g/mol. The third-order valence-corrected chi connectivity index (χ3v) is 24.2. The molecule has 1 saturated carbocycles. The highest BCUT2D eigenvalue weighted by Crippen LogP contribution is 2.34. The number of ether oxygens (including phenoxy) is 2. The summed E-state index contributed by atoms with van der Waals surface area (Å²) in [6, 6.07) is 32.3. The van der Waals surface area contributed by atoms with Crippen LogP contribution in [0.5, 0.6) is 5.75 Å². The van der Waals surface area contributed by atoms with E-state index in [0.717, 1.165) is 81.0 Å². The molecule has 6 atom stereocenters. The molecule has 0 amide bonds. The van der Waals surface area contributed by atoms with E-state index in [4.69, 9.17) is 33.7 Å². The smallest absolute Gasteiger partial charge is 0.406 e. The van der Waals surface area contributed by atoms with Crippen molar-refractivity contribution in [2.75, 3.05) is 85.2 Å². The van der Waals surface area contributed by atoms with Crippen LogP contribution in [0, 0.1) is 71.6 Å². The van der Waals surface area contributed by atoms with Gasteiger partial charge in [0.1, 0.15) is 63.7 Å². The van der Waals surface area contributed by atoms with Gasteiger partial charge in [0.2, 0.25) is 0 Å².